The van der Waals surface area contributed by atoms with E-state index in [1.54, 1.807) is 0 Å². The minimum atomic E-state index is -0.380. The number of hydrogen-bond donors (Lipinski definition) is 1. The van der Waals surface area contributed by atoms with Crippen LogP contribution in [0, 0.1) is 0 Å². The van der Waals surface area contributed by atoms with Gasteiger partial charge in [0.1, 0.15) is 6.61 Å². The molecule has 21 heavy (non-hydrogen) atoms. The topological polar surface area (TPSA) is 61.5 Å². The van der Waals surface area contributed by atoms with E-state index in [0.29, 0.717) is 6.61 Å². The summed E-state index contributed by atoms with van der Waals surface area (Å²) in [5.41, 5.74) is 11.4. The summed E-state index contributed by atoms with van der Waals surface area (Å²) in [6, 6.07) is 4.24. The fourth-order valence-corrected chi connectivity index (χ4v) is 2.53. The second kappa shape index (κ2) is 8.80. The molecule has 4 nitrogen and oxygen atoms in total. The summed E-state index contributed by atoms with van der Waals surface area (Å²) >= 11 is 0. The van der Waals surface area contributed by atoms with Gasteiger partial charge in [-0.3, -0.25) is 0 Å². The van der Waals surface area contributed by atoms with Crippen LogP contribution < -0.4 is 5.73 Å². The fraction of sp³-hybridized carbons (Fsp3) is 0.588. The van der Waals surface area contributed by atoms with Gasteiger partial charge in [0.15, 0.2) is 0 Å². The van der Waals surface area contributed by atoms with Gasteiger partial charge in [0.25, 0.3) is 0 Å². The molecule has 0 aliphatic rings. The van der Waals surface area contributed by atoms with Crippen LogP contribution in [0.4, 0.5) is 0 Å². The highest BCUT2D eigenvalue weighted by Gasteiger charge is 2.16. The first-order chi connectivity index (χ1) is 10.1. The Labute approximate surface area is 127 Å². The Morgan fingerprint density at radius 3 is 2.14 bits per heavy atom. The molecular formula is C17H27NO3. The highest BCUT2D eigenvalue weighted by Crippen LogP contribution is 2.25. The van der Waals surface area contributed by atoms with Gasteiger partial charge in [-0.1, -0.05) is 32.9 Å². The van der Waals surface area contributed by atoms with Crippen LogP contribution in [-0.2, 0) is 33.5 Å². The minimum Gasteiger partial charge on any atom is -0.467 e. The third-order valence-corrected chi connectivity index (χ3v) is 3.70. The fourth-order valence-electron chi connectivity index (χ4n) is 2.53. The van der Waals surface area contributed by atoms with Crippen LogP contribution >= 0.6 is 0 Å². The van der Waals surface area contributed by atoms with Crippen LogP contribution in [0.2, 0.25) is 0 Å². The lowest BCUT2D eigenvalue weighted by molar-refractivity contribution is -0.146. The maximum atomic E-state index is 11.1. The van der Waals surface area contributed by atoms with Crippen LogP contribution in [0.3, 0.4) is 0 Å². The number of aryl methyl sites for hydroxylation is 3. The van der Waals surface area contributed by atoms with Gasteiger partial charge in [0.2, 0.25) is 0 Å². The smallest absolute Gasteiger partial charge is 0.331 e. The standard InChI is InChI=1S/C17H27NO3/c1-5-12-8-13(6-2)17(14(7-3)9-12)15(18)10-21-11-16(19)20-4/h8-9,15H,5-7,10-11,18H2,1-4H3. The zero-order valence-corrected chi connectivity index (χ0v) is 13.6. The molecule has 0 bridgehead atoms. The largest absolute Gasteiger partial charge is 0.467 e. The maximum Gasteiger partial charge on any atom is 0.331 e. The van der Waals surface area contributed by atoms with Crippen molar-refractivity contribution in [2.45, 2.75) is 46.1 Å². The molecule has 1 rings (SSSR count). The van der Waals surface area contributed by atoms with Crippen molar-refractivity contribution in [2.24, 2.45) is 5.73 Å². The summed E-state index contributed by atoms with van der Waals surface area (Å²) in [6.07, 6.45) is 2.91. The molecule has 1 atom stereocenters. The Morgan fingerprint density at radius 2 is 1.71 bits per heavy atom. The maximum absolute atomic E-state index is 11.1. The van der Waals surface area contributed by atoms with Crippen molar-refractivity contribution in [3.8, 4) is 0 Å². The SMILES string of the molecule is CCc1cc(CC)c(C(N)COCC(=O)OC)c(CC)c1. The molecule has 1 aromatic rings. The summed E-state index contributed by atoms with van der Waals surface area (Å²) in [5, 5.41) is 0. The van der Waals surface area contributed by atoms with E-state index >= 15 is 0 Å². The van der Waals surface area contributed by atoms with Crippen molar-refractivity contribution in [3.05, 3.63) is 34.4 Å². The predicted octanol–water partition coefficient (Wildman–Crippen LogP) is 2.56. The molecule has 0 heterocycles. The Bertz CT molecular complexity index is 446. The summed E-state index contributed by atoms with van der Waals surface area (Å²) < 4.78 is 9.91. The summed E-state index contributed by atoms with van der Waals surface area (Å²) in [6.45, 7) is 6.70. The van der Waals surface area contributed by atoms with Crippen LogP contribution in [0.1, 0.15) is 49.1 Å². The van der Waals surface area contributed by atoms with Crippen molar-refractivity contribution in [1.82, 2.24) is 0 Å². The molecule has 0 radical (unpaired) electrons. The first-order valence-electron chi connectivity index (χ1n) is 7.61. The molecule has 0 fully saturated rings. The molecule has 4 heteroatoms. The van der Waals surface area contributed by atoms with Crippen molar-refractivity contribution in [3.63, 3.8) is 0 Å². The molecule has 118 valence electrons. The van der Waals surface area contributed by atoms with E-state index in [1.165, 1.54) is 29.4 Å². The molecule has 0 amide bonds. The summed E-state index contributed by atoms with van der Waals surface area (Å²) in [7, 11) is 1.35. The summed E-state index contributed by atoms with van der Waals surface area (Å²) in [5.74, 6) is -0.380. The van der Waals surface area contributed by atoms with Gasteiger partial charge in [0.05, 0.1) is 19.8 Å². The number of nitrogens with two attached hydrogens (primary N) is 1. The molecule has 1 unspecified atom stereocenters. The predicted molar refractivity (Wildman–Crippen MR) is 84.3 cm³/mol. The average molecular weight is 293 g/mol. The molecule has 0 saturated heterocycles. The Hall–Kier alpha value is -1.39. The van der Waals surface area contributed by atoms with Gasteiger partial charge in [-0.15, -0.1) is 0 Å². The molecular weight excluding hydrogens is 266 g/mol. The van der Waals surface area contributed by atoms with E-state index in [4.69, 9.17) is 10.5 Å². The quantitative estimate of drug-likeness (QED) is 0.748. The van der Waals surface area contributed by atoms with E-state index in [1.807, 2.05) is 0 Å². The number of ether oxygens (including phenoxy) is 2. The second-order valence-corrected chi connectivity index (χ2v) is 5.09. The number of methoxy groups -OCH3 is 1. The number of hydrogen-bond acceptors (Lipinski definition) is 4. The molecule has 2 N–H and O–H groups in total. The molecule has 0 saturated carbocycles. The van der Waals surface area contributed by atoms with Crippen molar-refractivity contribution in [2.75, 3.05) is 20.3 Å². The first kappa shape index (κ1) is 17.7. The van der Waals surface area contributed by atoms with Crippen LogP contribution in [0.25, 0.3) is 0 Å². The lowest BCUT2D eigenvalue weighted by Gasteiger charge is -2.21. The average Bonchev–Trinajstić information content (AvgIpc) is 2.52. The number of benzene rings is 1. The van der Waals surface area contributed by atoms with E-state index in [-0.39, 0.29) is 18.6 Å². The molecule has 0 aromatic heterocycles. The van der Waals surface area contributed by atoms with Gasteiger partial charge >= 0.3 is 5.97 Å². The van der Waals surface area contributed by atoms with E-state index in [2.05, 4.69) is 37.6 Å². The zero-order chi connectivity index (χ0) is 15.8. The molecule has 1 aromatic carbocycles. The lowest BCUT2D eigenvalue weighted by Crippen LogP contribution is -2.23. The number of rotatable bonds is 8. The zero-order valence-electron chi connectivity index (χ0n) is 13.6. The lowest BCUT2D eigenvalue weighted by atomic mass is 9.90. The van der Waals surface area contributed by atoms with Crippen LogP contribution in [0.5, 0.6) is 0 Å². The number of esters is 1. The molecule has 0 spiro atoms. The van der Waals surface area contributed by atoms with Crippen LogP contribution in [-0.4, -0.2) is 26.3 Å². The normalized spacial score (nSPS) is 12.2. The third kappa shape index (κ3) is 4.83. The molecule has 0 aliphatic heterocycles. The monoisotopic (exact) mass is 293 g/mol. The Kier molecular flexibility index (Phi) is 7.40. The van der Waals surface area contributed by atoms with E-state index < -0.39 is 0 Å². The first-order valence-corrected chi connectivity index (χ1v) is 7.61. The van der Waals surface area contributed by atoms with Crippen LogP contribution in [0.15, 0.2) is 12.1 Å². The summed E-state index contributed by atoms with van der Waals surface area (Å²) in [4.78, 5) is 11.1. The molecule has 0 aliphatic carbocycles. The van der Waals surface area contributed by atoms with Crippen molar-refractivity contribution in [1.29, 1.82) is 0 Å². The van der Waals surface area contributed by atoms with Gasteiger partial charge in [-0.2, -0.15) is 0 Å². The van der Waals surface area contributed by atoms with E-state index in [0.717, 1.165) is 19.3 Å². The van der Waals surface area contributed by atoms with Crippen molar-refractivity contribution < 1.29 is 14.3 Å². The van der Waals surface area contributed by atoms with Crippen molar-refractivity contribution >= 4 is 5.97 Å². The Morgan fingerprint density at radius 1 is 1.14 bits per heavy atom. The van der Waals surface area contributed by atoms with Gasteiger partial charge < -0.3 is 15.2 Å². The number of carbonyl (C=O) groups excluding carboxylic acids is 1. The van der Waals surface area contributed by atoms with Gasteiger partial charge in [0, 0.05) is 0 Å². The third-order valence-electron chi connectivity index (χ3n) is 3.70. The van der Waals surface area contributed by atoms with E-state index in [9.17, 15) is 4.79 Å². The minimum absolute atomic E-state index is 0.0554. The second-order valence-electron chi connectivity index (χ2n) is 5.09. The Balaban J connectivity index is 2.91. The highest BCUT2D eigenvalue weighted by molar-refractivity contribution is 5.70. The highest BCUT2D eigenvalue weighted by atomic mass is 16.6. The number of carbonyl (C=O) groups is 1. The van der Waals surface area contributed by atoms with Gasteiger partial charge in [-0.05, 0) is 41.5 Å². The van der Waals surface area contributed by atoms with Gasteiger partial charge in [-0.25, -0.2) is 4.79 Å².